The van der Waals surface area contributed by atoms with Gasteiger partial charge in [0.05, 0.1) is 16.9 Å². The fourth-order valence-electron chi connectivity index (χ4n) is 3.37. The molecule has 2 amide bonds. The van der Waals surface area contributed by atoms with Crippen LogP contribution in [-0.2, 0) is 9.59 Å². The largest absolute Gasteiger partial charge is 0.482 e. The number of amides is 2. The van der Waals surface area contributed by atoms with Gasteiger partial charge in [-0.1, -0.05) is 18.2 Å². The molecule has 0 radical (unpaired) electrons. The summed E-state index contributed by atoms with van der Waals surface area (Å²) in [7, 11) is 0. The van der Waals surface area contributed by atoms with Crippen LogP contribution in [0.4, 0.5) is 11.4 Å². The van der Waals surface area contributed by atoms with Gasteiger partial charge in [-0.3, -0.25) is 24.3 Å². The fraction of sp³-hybridized carbons (Fsp3) is 0.182. The summed E-state index contributed by atoms with van der Waals surface area (Å²) < 4.78 is 5.46. The van der Waals surface area contributed by atoms with Crippen LogP contribution in [0.3, 0.4) is 0 Å². The first-order valence-corrected chi connectivity index (χ1v) is 9.20. The van der Waals surface area contributed by atoms with Gasteiger partial charge in [0.2, 0.25) is 5.91 Å². The lowest BCUT2D eigenvalue weighted by Crippen LogP contribution is -2.49. The zero-order chi connectivity index (χ0) is 20.5. The second kappa shape index (κ2) is 7.35. The maximum atomic E-state index is 13.0. The third-order valence-electron chi connectivity index (χ3n) is 4.90. The number of hydrogen-bond donors (Lipinski definition) is 1. The van der Waals surface area contributed by atoms with Crippen molar-refractivity contribution < 1.29 is 19.1 Å². The van der Waals surface area contributed by atoms with Crippen LogP contribution in [0.15, 0.2) is 54.7 Å². The van der Waals surface area contributed by atoms with Gasteiger partial charge in [0, 0.05) is 17.1 Å². The number of fused-ring (bicyclic) bond motifs is 2. The predicted octanol–water partition coefficient (Wildman–Crippen LogP) is 3.19. The molecule has 7 nitrogen and oxygen atoms in total. The van der Waals surface area contributed by atoms with Gasteiger partial charge < -0.3 is 10.1 Å². The van der Waals surface area contributed by atoms with Gasteiger partial charge in [0.25, 0.3) is 5.91 Å². The van der Waals surface area contributed by atoms with Gasteiger partial charge in [-0.15, -0.1) is 0 Å². The number of carbonyl (C=O) groups is 3. The summed E-state index contributed by atoms with van der Waals surface area (Å²) in [5.41, 5.74) is 2.09. The average Bonchev–Trinajstić information content (AvgIpc) is 2.73. The monoisotopic (exact) mass is 389 g/mol. The van der Waals surface area contributed by atoms with Crippen molar-refractivity contribution in [3.63, 3.8) is 0 Å². The molecule has 7 heteroatoms. The van der Waals surface area contributed by atoms with Crippen molar-refractivity contribution in [1.82, 2.24) is 4.98 Å². The fourth-order valence-corrected chi connectivity index (χ4v) is 3.37. The van der Waals surface area contributed by atoms with Gasteiger partial charge in [-0.05, 0) is 44.2 Å². The summed E-state index contributed by atoms with van der Waals surface area (Å²) in [6, 6.07) is 13.3. The van der Waals surface area contributed by atoms with E-state index in [2.05, 4.69) is 10.3 Å². The van der Waals surface area contributed by atoms with Crippen molar-refractivity contribution in [2.75, 3.05) is 16.8 Å². The molecule has 0 fully saturated rings. The van der Waals surface area contributed by atoms with E-state index in [4.69, 9.17) is 4.74 Å². The molecule has 2 heterocycles. The van der Waals surface area contributed by atoms with Crippen LogP contribution in [0.25, 0.3) is 10.9 Å². The van der Waals surface area contributed by atoms with Crippen molar-refractivity contribution in [2.45, 2.75) is 19.9 Å². The van der Waals surface area contributed by atoms with Crippen LogP contribution in [0, 0.1) is 0 Å². The molecular formula is C22H19N3O4. The van der Waals surface area contributed by atoms with E-state index in [0.29, 0.717) is 28.2 Å². The molecule has 1 atom stereocenters. The predicted molar refractivity (Wildman–Crippen MR) is 109 cm³/mol. The molecule has 0 bridgehead atoms. The van der Waals surface area contributed by atoms with E-state index in [1.165, 1.54) is 11.8 Å². The average molecular weight is 389 g/mol. The molecule has 29 heavy (non-hydrogen) atoms. The number of carbonyl (C=O) groups excluding carboxylic acids is 3. The van der Waals surface area contributed by atoms with Gasteiger partial charge in [0.1, 0.15) is 11.8 Å². The minimum absolute atomic E-state index is 0.135. The van der Waals surface area contributed by atoms with Crippen molar-refractivity contribution in [3.8, 4) is 5.75 Å². The van der Waals surface area contributed by atoms with E-state index < -0.39 is 6.04 Å². The van der Waals surface area contributed by atoms with E-state index in [9.17, 15) is 14.4 Å². The van der Waals surface area contributed by atoms with Gasteiger partial charge in [0.15, 0.2) is 12.4 Å². The normalized spacial score (nSPS) is 14.1. The molecular weight excluding hydrogens is 370 g/mol. The Morgan fingerprint density at radius 1 is 1.17 bits per heavy atom. The standard InChI is InChI=1S/C22H19N3O4/c1-13(22(28)24-17-7-3-5-15-6-4-10-23-21(15)17)25-18-11-16(14(2)26)8-9-19(18)29-12-20(25)27/h3-11,13H,12H2,1-2H3,(H,24,28). The van der Waals surface area contributed by atoms with E-state index in [1.54, 1.807) is 37.4 Å². The summed E-state index contributed by atoms with van der Waals surface area (Å²) in [5, 5.41) is 3.77. The minimum Gasteiger partial charge on any atom is -0.482 e. The van der Waals surface area contributed by atoms with Crippen molar-refractivity contribution in [1.29, 1.82) is 0 Å². The number of rotatable bonds is 4. The number of Topliss-reactive ketones (excluding diaryl/α,β-unsaturated/α-hetero) is 1. The number of para-hydroxylation sites is 1. The summed E-state index contributed by atoms with van der Waals surface area (Å²) in [5.74, 6) is -0.389. The summed E-state index contributed by atoms with van der Waals surface area (Å²) >= 11 is 0. The highest BCUT2D eigenvalue weighted by Crippen LogP contribution is 2.35. The van der Waals surface area contributed by atoms with Crippen molar-refractivity contribution in [2.24, 2.45) is 0 Å². The van der Waals surface area contributed by atoms with Crippen LogP contribution in [-0.4, -0.2) is 35.2 Å². The highest BCUT2D eigenvalue weighted by molar-refractivity contribution is 6.09. The first kappa shape index (κ1) is 18.6. The Balaban J connectivity index is 1.66. The van der Waals surface area contributed by atoms with E-state index in [0.717, 1.165) is 5.39 Å². The Hall–Kier alpha value is -3.74. The lowest BCUT2D eigenvalue weighted by Gasteiger charge is -2.33. The number of anilines is 2. The topological polar surface area (TPSA) is 88.6 Å². The number of nitrogens with zero attached hydrogens (tertiary/aromatic N) is 2. The van der Waals surface area contributed by atoms with Crippen LogP contribution in [0.2, 0.25) is 0 Å². The number of aromatic nitrogens is 1. The second-order valence-electron chi connectivity index (χ2n) is 6.84. The summed E-state index contributed by atoms with van der Waals surface area (Å²) in [4.78, 5) is 43.0. The molecule has 3 aromatic rings. The van der Waals surface area contributed by atoms with Gasteiger partial charge in [-0.25, -0.2) is 0 Å². The third kappa shape index (κ3) is 3.42. The SMILES string of the molecule is CC(=O)c1ccc2c(c1)N(C(C)C(=O)Nc1cccc3cccnc13)C(=O)CO2. The van der Waals surface area contributed by atoms with Crippen LogP contribution in [0.5, 0.6) is 5.75 Å². The molecule has 146 valence electrons. The maximum absolute atomic E-state index is 13.0. The zero-order valence-corrected chi connectivity index (χ0v) is 16.0. The lowest BCUT2D eigenvalue weighted by atomic mass is 10.1. The van der Waals surface area contributed by atoms with E-state index >= 15 is 0 Å². The Morgan fingerprint density at radius 2 is 1.97 bits per heavy atom. The number of hydrogen-bond acceptors (Lipinski definition) is 5. The Labute approximate surface area is 167 Å². The zero-order valence-electron chi connectivity index (χ0n) is 16.0. The van der Waals surface area contributed by atoms with E-state index in [-0.39, 0.29) is 24.2 Å². The van der Waals surface area contributed by atoms with Gasteiger partial charge in [-0.2, -0.15) is 0 Å². The summed E-state index contributed by atoms with van der Waals surface area (Å²) in [6.45, 7) is 2.92. The second-order valence-corrected chi connectivity index (χ2v) is 6.84. The molecule has 0 aliphatic carbocycles. The molecule has 0 saturated carbocycles. The molecule has 1 aliphatic rings. The highest BCUT2D eigenvalue weighted by Gasteiger charge is 2.33. The van der Waals surface area contributed by atoms with Gasteiger partial charge >= 0.3 is 0 Å². The van der Waals surface area contributed by atoms with Crippen LogP contribution < -0.4 is 15.0 Å². The van der Waals surface area contributed by atoms with Crippen molar-refractivity contribution >= 4 is 39.9 Å². The molecule has 1 aromatic heterocycles. The first-order chi connectivity index (χ1) is 14.0. The Bertz CT molecular complexity index is 1140. The summed E-state index contributed by atoms with van der Waals surface area (Å²) in [6.07, 6.45) is 1.66. The number of nitrogens with one attached hydrogen (secondary N) is 1. The quantitative estimate of drug-likeness (QED) is 0.693. The molecule has 4 rings (SSSR count). The molecule has 0 saturated heterocycles. The molecule has 1 aliphatic heterocycles. The first-order valence-electron chi connectivity index (χ1n) is 9.20. The Morgan fingerprint density at radius 3 is 2.76 bits per heavy atom. The lowest BCUT2D eigenvalue weighted by molar-refractivity contribution is -0.125. The number of ether oxygens (including phenoxy) is 1. The van der Waals surface area contributed by atoms with E-state index in [1.807, 2.05) is 24.3 Å². The number of pyridine rings is 1. The number of ketones is 1. The minimum atomic E-state index is -0.814. The smallest absolute Gasteiger partial charge is 0.265 e. The maximum Gasteiger partial charge on any atom is 0.265 e. The van der Waals surface area contributed by atoms with Crippen molar-refractivity contribution in [3.05, 3.63) is 60.3 Å². The molecule has 1 unspecified atom stereocenters. The molecule has 0 spiro atoms. The number of benzene rings is 2. The highest BCUT2D eigenvalue weighted by atomic mass is 16.5. The third-order valence-corrected chi connectivity index (χ3v) is 4.90. The van der Waals surface area contributed by atoms with Crippen LogP contribution in [0.1, 0.15) is 24.2 Å². The Kier molecular flexibility index (Phi) is 4.72. The van der Waals surface area contributed by atoms with Crippen LogP contribution >= 0.6 is 0 Å². The molecule has 2 aromatic carbocycles. The molecule has 1 N–H and O–H groups in total.